The zero-order valence-electron chi connectivity index (χ0n) is 10.5. The number of pyridine rings is 1. The van der Waals surface area contributed by atoms with Gasteiger partial charge < -0.3 is 10.8 Å². The zero-order valence-corrected chi connectivity index (χ0v) is 11.4. The third-order valence-electron chi connectivity index (χ3n) is 2.98. The van der Waals surface area contributed by atoms with Gasteiger partial charge in [0.15, 0.2) is 0 Å². The zero-order chi connectivity index (χ0) is 13.8. The number of hydrogen-bond acceptors (Lipinski definition) is 5. The van der Waals surface area contributed by atoms with Crippen LogP contribution < -0.4 is 10.5 Å². The highest BCUT2D eigenvalue weighted by Gasteiger charge is 2.25. The van der Waals surface area contributed by atoms with E-state index in [1.165, 1.54) is 18.3 Å². The van der Waals surface area contributed by atoms with Gasteiger partial charge in [0, 0.05) is 12.7 Å². The lowest BCUT2D eigenvalue weighted by Crippen LogP contribution is -2.41. The number of nitrogen functional groups attached to an aromatic ring is 1. The number of sulfonamides is 1. The predicted molar refractivity (Wildman–Crippen MR) is 69.4 cm³/mol. The second kappa shape index (κ2) is 5.64. The minimum Gasteiger partial charge on any atom is -0.389 e. The van der Waals surface area contributed by atoms with E-state index >= 15 is 0 Å². The van der Waals surface area contributed by atoms with Crippen LogP contribution in [0, 0.1) is 0 Å². The third kappa shape index (κ3) is 3.66. The first-order valence-corrected chi connectivity index (χ1v) is 7.25. The van der Waals surface area contributed by atoms with Crippen LogP contribution in [0.5, 0.6) is 0 Å². The molecule has 4 N–H and O–H groups in total. The van der Waals surface area contributed by atoms with Gasteiger partial charge in [0.25, 0.3) is 0 Å². The topological polar surface area (TPSA) is 105 Å². The van der Waals surface area contributed by atoms with Crippen LogP contribution in [0.15, 0.2) is 23.2 Å². The van der Waals surface area contributed by atoms with Crippen LogP contribution >= 0.6 is 0 Å². The minimum absolute atomic E-state index is 0.0211. The van der Waals surface area contributed by atoms with E-state index in [1.54, 1.807) is 0 Å². The minimum atomic E-state index is -3.66. The summed E-state index contributed by atoms with van der Waals surface area (Å²) >= 11 is 0. The fourth-order valence-corrected chi connectivity index (χ4v) is 2.43. The van der Waals surface area contributed by atoms with E-state index in [-0.39, 0.29) is 17.3 Å². The second-order valence-electron chi connectivity index (χ2n) is 4.17. The maximum absolute atomic E-state index is 11.9. The fraction of sp³-hybridized carbons (Fsp3) is 0.545. The van der Waals surface area contributed by atoms with Gasteiger partial charge in [-0.05, 0) is 25.0 Å². The van der Waals surface area contributed by atoms with Crippen molar-refractivity contribution in [2.24, 2.45) is 0 Å². The molecule has 0 saturated carbocycles. The molecular formula is C11H19N3O3S. The van der Waals surface area contributed by atoms with Gasteiger partial charge in [-0.1, -0.05) is 13.8 Å². The smallest absolute Gasteiger partial charge is 0.242 e. The molecule has 0 spiro atoms. The van der Waals surface area contributed by atoms with Crippen molar-refractivity contribution in [1.29, 1.82) is 0 Å². The molecule has 0 aliphatic carbocycles. The molecule has 0 aliphatic rings. The van der Waals surface area contributed by atoms with Gasteiger partial charge in [0.05, 0.1) is 5.60 Å². The van der Waals surface area contributed by atoms with E-state index in [0.717, 1.165) is 0 Å². The highest BCUT2D eigenvalue weighted by Crippen LogP contribution is 2.15. The van der Waals surface area contributed by atoms with Crippen molar-refractivity contribution in [1.82, 2.24) is 9.71 Å². The Morgan fingerprint density at radius 2 is 2.00 bits per heavy atom. The molecule has 1 rings (SSSR count). The number of aromatic nitrogens is 1. The molecule has 0 radical (unpaired) electrons. The largest absolute Gasteiger partial charge is 0.389 e. The Hall–Kier alpha value is -1.18. The number of aliphatic hydroxyl groups is 1. The molecule has 6 nitrogen and oxygen atoms in total. The Labute approximate surface area is 107 Å². The molecule has 0 fully saturated rings. The lowest BCUT2D eigenvalue weighted by Gasteiger charge is -2.25. The molecule has 102 valence electrons. The summed E-state index contributed by atoms with van der Waals surface area (Å²) in [5, 5.41) is 10.0. The lowest BCUT2D eigenvalue weighted by atomic mass is 9.98. The number of nitrogens with two attached hydrogens (primary N) is 1. The van der Waals surface area contributed by atoms with Crippen LogP contribution in [-0.2, 0) is 10.0 Å². The standard InChI is InChI=1S/C11H19N3O3S/c1-3-11(15,4-2)8-14-18(16,17)9-5-6-10(12)13-7-9/h5-7,14-15H,3-4,8H2,1-2H3,(H2,12,13). The molecule has 0 aromatic carbocycles. The molecule has 0 saturated heterocycles. The Kier molecular flexibility index (Phi) is 4.66. The number of hydrogen-bond donors (Lipinski definition) is 3. The number of nitrogens with one attached hydrogen (secondary N) is 1. The normalized spacial score (nSPS) is 12.6. The van der Waals surface area contributed by atoms with Crippen LogP contribution in [0.25, 0.3) is 0 Å². The molecule has 0 bridgehead atoms. The average Bonchev–Trinajstić information content (AvgIpc) is 2.37. The first kappa shape index (κ1) is 14.9. The SMILES string of the molecule is CCC(O)(CC)CNS(=O)(=O)c1ccc(N)nc1. The monoisotopic (exact) mass is 273 g/mol. The van der Waals surface area contributed by atoms with Crippen molar-refractivity contribution < 1.29 is 13.5 Å². The third-order valence-corrected chi connectivity index (χ3v) is 4.36. The van der Waals surface area contributed by atoms with E-state index in [0.29, 0.717) is 12.8 Å². The number of nitrogens with zero attached hydrogens (tertiary/aromatic N) is 1. The predicted octanol–water partition coefficient (Wildman–Crippen LogP) is 0.493. The maximum atomic E-state index is 11.9. The van der Waals surface area contributed by atoms with Gasteiger partial charge in [-0.25, -0.2) is 18.1 Å². The summed E-state index contributed by atoms with van der Waals surface area (Å²) in [5.74, 6) is 0.257. The van der Waals surface area contributed by atoms with Crippen molar-refractivity contribution in [3.05, 3.63) is 18.3 Å². The van der Waals surface area contributed by atoms with Crippen LogP contribution in [0.3, 0.4) is 0 Å². The molecule has 0 amide bonds. The summed E-state index contributed by atoms with van der Waals surface area (Å²) in [7, 11) is -3.66. The van der Waals surface area contributed by atoms with E-state index in [1.807, 2.05) is 13.8 Å². The Balaban J connectivity index is 2.80. The van der Waals surface area contributed by atoms with Crippen molar-refractivity contribution in [2.75, 3.05) is 12.3 Å². The summed E-state index contributed by atoms with van der Waals surface area (Å²) in [4.78, 5) is 3.76. The Bertz CT molecular complexity index is 481. The fourth-order valence-electron chi connectivity index (χ4n) is 1.36. The first-order chi connectivity index (χ1) is 8.33. The molecule has 18 heavy (non-hydrogen) atoms. The quantitative estimate of drug-likeness (QED) is 0.699. The van der Waals surface area contributed by atoms with Crippen LogP contribution in [0.4, 0.5) is 5.82 Å². The van der Waals surface area contributed by atoms with Gasteiger partial charge in [-0.3, -0.25) is 0 Å². The van der Waals surface area contributed by atoms with Crippen molar-refractivity contribution >= 4 is 15.8 Å². The van der Waals surface area contributed by atoms with E-state index < -0.39 is 15.6 Å². The van der Waals surface area contributed by atoms with E-state index in [9.17, 15) is 13.5 Å². The van der Waals surface area contributed by atoms with Gasteiger partial charge in [-0.15, -0.1) is 0 Å². The van der Waals surface area contributed by atoms with Crippen LogP contribution in [0.1, 0.15) is 26.7 Å². The van der Waals surface area contributed by atoms with Crippen LogP contribution in [0.2, 0.25) is 0 Å². The molecule has 1 heterocycles. The average molecular weight is 273 g/mol. The lowest BCUT2D eigenvalue weighted by molar-refractivity contribution is 0.0377. The van der Waals surface area contributed by atoms with E-state index in [4.69, 9.17) is 5.73 Å². The van der Waals surface area contributed by atoms with Crippen molar-refractivity contribution in [2.45, 2.75) is 37.2 Å². The van der Waals surface area contributed by atoms with Gasteiger partial charge in [0.2, 0.25) is 10.0 Å². The van der Waals surface area contributed by atoms with Crippen LogP contribution in [-0.4, -0.2) is 30.7 Å². The summed E-state index contributed by atoms with van der Waals surface area (Å²) in [6.07, 6.45) is 2.15. The van der Waals surface area contributed by atoms with Crippen molar-refractivity contribution in [3.63, 3.8) is 0 Å². The number of anilines is 1. The highest BCUT2D eigenvalue weighted by atomic mass is 32.2. The molecule has 0 atom stereocenters. The summed E-state index contributed by atoms with van der Waals surface area (Å²) < 4.78 is 26.2. The molecule has 7 heteroatoms. The Morgan fingerprint density at radius 3 is 2.44 bits per heavy atom. The van der Waals surface area contributed by atoms with Crippen molar-refractivity contribution in [3.8, 4) is 0 Å². The molecule has 1 aromatic heterocycles. The molecule has 0 unspecified atom stereocenters. The van der Waals surface area contributed by atoms with E-state index in [2.05, 4.69) is 9.71 Å². The maximum Gasteiger partial charge on any atom is 0.242 e. The molecule has 1 aromatic rings. The van der Waals surface area contributed by atoms with Gasteiger partial charge >= 0.3 is 0 Å². The summed E-state index contributed by atoms with van der Waals surface area (Å²) in [6.45, 7) is 3.60. The van der Waals surface area contributed by atoms with Gasteiger partial charge in [-0.2, -0.15) is 0 Å². The summed E-state index contributed by atoms with van der Waals surface area (Å²) in [5.41, 5.74) is 4.37. The molecule has 0 aliphatic heterocycles. The van der Waals surface area contributed by atoms with Gasteiger partial charge in [0.1, 0.15) is 10.7 Å². The summed E-state index contributed by atoms with van der Waals surface area (Å²) in [6, 6.07) is 2.79. The molecular weight excluding hydrogens is 254 g/mol. The highest BCUT2D eigenvalue weighted by molar-refractivity contribution is 7.89. The number of rotatable bonds is 6. The first-order valence-electron chi connectivity index (χ1n) is 5.76. The second-order valence-corrected chi connectivity index (χ2v) is 5.94. The Morgan fingerprint density at radius 1 is 1.39 bits per heavy atom.